The van der Waals surface area contributed by atoms with Crippen molar-refractivity contribution in [1.82, 2.24) is 5.32 Å². The number of piperidine rings is 1. The van der Waals surface area contributed by atoms with Gasteiger partial charge in [0.15, 0.2) is 0 Å². The van der Waals surface area contributed by atoms with Crippen molar-refractivity contribution in [3.8, 4) is 0 Å². The SMILES string of the molecule is CC(O)C(=O)NC1CCCN(c2ccccc2Cl)C1=O. The third-order valence-electron chi connectivity index (χ3n) is 3.28. The Morgan fingerprint density at radius 2 is 2.20 bits per heavy atom. The number of benzene rings is 1. The average molecular weight is 297 g/mol. The maximum absolute atomic E-state index is 12.4. The first-order valence-electron chi connectivity index (χ1n) is 6.55. The zero-order valence-electron chi connectivity index (χ0n) is 11.2. The minimum atomic E-state index is -1.13. The van der Waals surface area contributed by atoms with Gasteiger partial charge in [0.05, 0.1) is 10.7 Å². The number of para-hydroxylation sites is 1. The van der Waals surface area contributed by atoms with Gasteiger partial charge in [0.2, 0.25) is 11.8 Å². The molecule has 0 aromatic heterocycles. The summed E-state index contributed by atoms with van der Waals surface area (Å²) in [6.07, 6.45) is 0.207. The Labute approximate surface area is 122 Å². The Morgan fingerprint density at radius 3 is 2.85 bits per heavy atom. The van der Waals surface area contributed by atoms with Gasteiger partial charge in [0, 0.05) is 6.54 Å². The number of nitrogens with one attached hydrogen (secondary N) is 1. The molecule has 1 aromatic rings. The summed E-state index contributed by atoms with van der Waals surface area (Å²) >= 11 is 6.11. The molecule has 0 radical (unpaired) electrons. The number of aliphatic hydroxyl groups excluding tert-OH is 1. The second kappa shape index (κ2) is 6.24. The van der Waals surface area contributed by atoms with Crippen LogP contribution in [0.2, 0.25) is 5.02 Å². The summed E-state index contributed by atoms with van der Waals surface area (Å²) in [5.41, 5.74) is 0.648. The first-order chi connectivity index (χ1) is 9.50. The van der Waals surface area contributed by atoms with Gasteiger partial charge in [-0.15, -0.1) is 0 Å². The second-order valence-corrected chi connectivity index (χ2v) is 5.23. The van der Waals surface area contributed by atoms with Crippen molar-refractivity contribution in [3.05, 3.63) is 29.3 Å². The molecule has 6 heteroatoms. The molecule has 2 amide bonds. The molecule has 1 aliphatic rings. The van der Waals surface area contributed by atoms with E-state index in [2.05, 4.69) is 5.32 Å². The van der Waals surface area contributed by atoms with E-state index in [4.69, 9.17) is 11.6 Å². The van der Waals surface area contributed by atoms with E-state index in [1.54, 1.807) is 23.1 Å². The number of anilines is 1. The summed E-state index contributed by atoms with van der Waals surface area (Å²) in [5.74, 6) is -0.734. The molecule has 0 spiro atoms. The Bertz CT molecular complexity index is 519. The maximum Gasteiger partial charge on any atom is 0.249 e. The van der Waals surface area contributed by atoms with E-state index in [0.717, 1.165) is 6.42 Å². The van der Waals surface area contributed by atoms with Crippen molar-refractivity contribution < 1.29 is 14.7 Å². The molecule has 2 atom stereocenters. The number of amides is 2. The molecular formula is C14H17ClN2O3. The standard InChI is InChI=1S/C14H17ClN2O3/c1-9(18)13(19)16-11-6-4-8-17(14(11)20)12-7-3-2-5-10(12)15/h2-3,5,7,9,11,18H,4,6,8H2,1H3,(H,16,19). The van der Waals surface area contributed by atoms with Crippen LogP contribution in [0.1, 0.15) is 19.8 Å². The fourth-order valence-corrected chi connectivity index (χ4v) is 2.45. The van der Waals surface area contributed by atoms with Crippen LogP contribution in [0.25, 0.3) is 0 Å². The van der Waals surface area contributed by atoms with E-state index in [-0.39, 0.29) is 5.91 Å². The smallest absolute Gasteiger partial charge is 0.249 e. The van der Waals surface area contributed by atoms with E-state index in [1.165, 1.54) is 6.92 Å². The molecule has 1 fully saturated rings. The molecule has 0 aliphatic carbocycles. The lowest BCUT2D eigenvalue weighted by molar-refractivity contribution is -0.133. The zero-order chi connectivity index (χ0) is 14.7. The molecule has 5 nitrogen and oxygen atoms in total. The first kappa shape index (κ1) is 14.8. The van der Waals surface area contributed by atoms with Crippen molar-refractivity contribution >= 4 is 29.1 Å². The lowest BCUT2D eigenvalue weighted by atomic mass is 10.0. The molecule has 1 aliphatic heterocycles. The van der Waals surface area contributed by atoms with Gasteiger partial charge in [0.25, 0.3) is 0 Å². The zero-order valence-corrected chi connectivity index (χ0v) is 11.9. The van der Waals surface area contributed by atoms with Crippen LogP contribution >= 0.6 is 11.6 Å². The van der Waals surface area contributed by atoms with Gasteiger partial charge in [-0.25, -0.2) is 0 Å². The van der Waals surface area contributed by atoms with Crippen molar-refractivity contribution in [3.63, 3.8) is 0 Å². The van der Waals surface area contributed by atoms with Gasteiger partial charge in [-0.2, -0.15) is 0 Å². The number of hydrogen-bond acceptors (Lipinski definition) is 3. The number of aliphatic hydroxyl groups is 1. The fourth-order valence-electron chi connectivity index (χ4n) is 2.21. The second-order valence-electron chi connectivity index (χ2n) is 4.82. The van der Waals surface area contributed by atoms with Crippen LogP contribution in [0.5, 0.6) is 0 Å². The van der Waals surface area contributed by atoms with Crippen LogP contribution in [-0.4, -0.2) is 35.6 Å². The normalized spacial score (nSPS) is 20.6. The van der Waals surface area contributed by atoms with Gasteiger partial charge in [-0.05, 0) is 31.9 Å². The van der Waals surface area contributed by atoms with Crippen LogP contribution < -0.4 is 10.2 Å². The van der Waals surface area contributed by atoms with Crippen molar-refractivity contribution in [2.75, 3.05) is 11.4 Å². The third kappa shape index (κ3) is 3.11. The van der Waals surface area contributed by atoms with E-state index < -0.39 is 18.1 Å². The minimum absolute atomic E-state index is 0.196. The molecule has 2 rings (SSSR count). The number of rotatable bonds is 3. The molecule has 20 heavy (non-hydrogen) atoms. The Balaban J connectivity index is 2.15. The Morgan fingerprint density at radius 1 is 1.50 bits per heavy atom. The van der Waals surface area contributed by atoms with Gasteiger partial charge < -0.3 is 15.3 Å². The summed E-state index contributed by atoms with van der Waals surface area (Å²) < 4.78 is 0. The molecule has 2 unspecified atom stereocenters. The summed E-state index contributed by atoms with van der Waals surface area (Å²) in [7, 11) is 0. The van der Waals surface area contributed by atoms with Crippen LogP contribution in [0.3, 0.4) is 0 Å². The Kier molecular flexibility index (Phi) is 4.62. The first-order valence-corrected chi connectivity index (χ1v) is 6.93. The predicted molar refractivity (Wildman–Crippen MR) is 76.7 cm³/mol. The minimum Gasteiger partial charge on any atom is -0.384 e. The lowest BCUT2D eigenvalue weighted by Crippen LogP contribution is -2.54. The highest BCUT2D eigenvalue weighted by Gasteiger charge is 2.32. The fraction of sp³-hybridized carbons (Fsp3) is 0.429. The topological polar surface area (TPSA) is 69.6 Å². The number of carbonyl (C=O) groups excluding carboxylic acids is 2. The number of halogens is 1. The van der Waals surface area contributed by atoms with Gasteiger partial charge >= 0.3 is 0 Å². The highest BCUT2D eigenvalue weighted by molar-refractivity contribution is 6.33. The summed E-state index contributed by atoms with van der Waals surface area (Å²) in [5, 5.41) is 12.3. The monoisotopic (exact) mass is 296 g/mol. The number of carbonyl (C=O) groups is 2. The summed E-state index contributed by atoms with van der Waals surface area (Å²) in [4.78, 5) is 25.5. The average Bonchev–Trinajstić information content (AvgIpc) is 2.42. The molecule has 1 heterocycles. The molecule has 1 saturated heterocycles. The van der Waals surface area contributed by atoms with Crippen LogP contribution in [-0.2, 0) is 9.59 Å². The van der Waals surface area contributed by atoms with Crippen LogP contribution in [0.4, 0.5) is 5.69 Å². The molecule has 0 saturated carbocycles. The summed E-state index contributed by atoms with van der Waals surface area (Å²) in [6.45, 7) is 1.94. The molecule has 1 aromatic carbocycles. The maximum atomic E-state index is 12.4. The van der Waals surface area contributed by atoms with Crippen molar-refractivity contribution in [1.29, 1.82) is 0 Å². The van der Waals surface area contributed by atoms with Crippen molar-refractivity contribution in [2.24, 2.45) is 0 Å². The van der Waals surface area contributed by atoms with Gasteiger partial charge in [-0.1, -0.05) is 23.7 Å². The van der Waals surface area contributed by atoms with E-state index >= 15 is 0 Å². The largest absolute Gasteiger partial charge is 0.384 e. The van der Waals surface area contributed by atoms with Gasteiger partial charge in [0.1, 0.15) is 12.1 Å². The molecule has 108 valence electrons. The molecule has 0 bridgehead atoms. The molecular weight excluding hydrogens is 280 g/mol. The highest BCUT2D eigenvalue weighted by Crippen LogP contribution is 2.28. The number of nitrogens with zero attached hydrogens (tertiary/aromatic N) is 1. The Hall–Kier alpha value is -1.59. The van der Waals surface area contributed by atoms with E-state index in [9.17, 15) is 14.7 Å². The van der Waals surface area contributed by atoms with E-state index in [1.807, 2.05) is 6.07 Å². The summed E-state index contributed by atoms with van der Waals surface area (Å²) in [6, 6.07) is 6.50. The molecule has 2 N–H and O–H groups in total. The van der Waals surface area contributed by atoms with Crippen LogP contribution in [0, 0.1) is 0 Å². The highest BCUT2D eigenvalue weighted by atomic mass is 35.5. The number of hydrogen-bond donors (Lipinski definition) is 2. The third-order valence-corrected chi connectivity index (χ3v) is 3.60. The lowest BCUT2D eigenvalue weighted by Gasteiger charge is -2.33. The van der Waals surface area contributed by atoms with Crippen LogP contribution in [0.15, 0.2) is 24.3 Å². The quantitative estimate of drug-likeness (QED) is 0.884. The van der Waals surface area contributed by atoms with Gasteiger partial charge in [-0.3, -0.25) is 9.59 Å². The van der Waals surface area contributed by atoms with Crippen molar-refractivity contribution in [2.45, 2.75) is 31.9 Å². The van der Waals surface area contributed by atoms with E-state index in [0.29, 0.717) is 23.7 Å². The predicted octanol–water partition coefficient (Wildman–Crippen LogP) is 1.33.